The van der Waals surface area contributed by atoms with Crippen LogP contribution in [0.15, 0.2) is 35.7 Å². The van der Waals surface area contributed by atoms with Gasteiger partial charge in [0.15, 0.2) is 0 Å². The van der Waals surface area contributed by atoms with E-state index in [1.54, 1.807) is 17.4 Å². The van der Waals surface area contributed by atoms with Gasteiger partial charge in [0.25, 0.3) is 0 Å². The molecule has 0 amide bonds. The molecule has 0 spiro atoms. The lowest BCUT2D eigenvalue weighted by Gasteiger charge is -2.19. The van der Waals surface area contributed by atoms with Crippen molar-refractivity contribution in [1.29, 1.82) is 0 Å². The van der Waals surface area contributed by atoms with Crippen LogP contribution < -0.4 is 4.90 Å². The van der Waals surface area contributed by atoms with Crippen LogP contribution in [-0.2, 0) is 6.42 Å². The number of benzene rings is 1. The van der Waals surface area contributed by atoms with Gasteiger partial charge in [-0.3, -0.25) is 0 Å². The molecular formula is C14H14FNO2S. The summed E-state index contributed by atoms with van der Waals surface area (Å²) < 4.78 is 13.6. The van der Waals surface area contributed by atoms with E-state index in [0.29, 0.717) is 5.69 Å². The fraction of sp³-hybridized carbons (Fsp3) is 0.214. The third-order valence-electron chi connectivity index (χ3n) is 2.90. The van der Waals surface area contributed by atoms with Gasteiger partial charge in [0.2, 0.25) is 0 Å². The van der Waals surface area contributed by atoms with Crippen LogP contribution >= 0.6 is 11.3 Å². The maximum atomic E-state index is 13.6. The highest BCUT2D eigenvalue weighted by Gasteiger charge is 2.12. The second-order valence-corrected chi connectivity index (χ2v) is 5.25. The summed E-state index contributed by atoms with van der Waals surface area (Å²) in [4.78, 5) is 13.9. The van der Waals surface area contributed by atoms with Crippen molar-refractivity contribution >= 4 is 23.0 Å². The summed E-state index contributed by atoms with van der Waals surface area (Å²) in [5.74, 6) is -1.95. The van der Waals surface area contributed by atoms with E-state index in [-0.39, 0.29) is 5.56 Å². The number of carbonyl (C=O) groups is 1. The van der Waals surface area contributed by atoms with E-state index in [9.17, 15) is 9.18 Å². The minimum absolute atomic E-state index is 0.296. The lowest BCUT2D eigenvalue weighted by atomic mass is 10.2. The van der Waals surface area contributed by atoms with Crippen molar-refractivity contribution in [1.82, 2.24) is 0 Å². The van der Waals surface area contributed by atoms with Crippen LogP contribution in [0.3, 0.4) is 0 Å². The zero-order valence-corrected chi connectivity index (χ0v) is 11.3. The van der Waals surface area contributed by atoms with E-state index < -0.39 is 11.8 Å². The maximum Gasteiger partial charge on any atom is 0.338 e. The molecule has 1 heterocycles. The second kappa shape index (κ2) is 5.84. The average molecular weight is 279 g/mol. The van der Waals surface area contributed by atoms with Gasteiger partial charge in [-0.15, -0.1) is 11.3 Å². The number of carboxylic acid groups (broad SMARTS) is 1. The largest absolute Gasteiger partial charge is 0.478 e. The van der Waals surface area contributed by atoms with E-state index in [1.165, 1.54) is 17.0 Å². The number of rotatable bonds is 5. The summed E-state index contributed by atoms with van der Waals surface area (Å²) in [5.41, 5.74) is 0.384. The lowest BCUT2D eigenvalue weighted by Crippen LogP contribution is -2.20. The number of thiophene rings is 1. The minimum Gasteiger partial charge on any atom is -0.478 e. The molecule has 5 heteroatoms. The smallest absolute Gasteiger partial charge is 0.338 e. The molecule has 1 N–H and O–H groups in total. The van der Waals surface area contributed by atoms with Crippen molar-refractivity contribution in [2.75, 3.05) is 18.5 Å². The van der Waals surface area contributed by atoms with E-state index in [1.807, 2.05) is 23.4 Å². The number of halogens is 1. The fourth-order valence-corrected chi connectivity index (χ4v) is 2.47. The number of nitrogens with zero attached hydrogens (tertiary/aromatic N) is 1. The van der Waals surface area contributed by atoms with Gasteiger partial charge in [-0.2, -0.15) is 0 Å². The Kier molecular flexibility index (Phi) is 4.16. The number of aromatic carboxylic acids is 1. The van der Waals surface area contributed by atoms with Gasteiger partial charge in [-0.1, -0.05) is 6.07 Å². The Morgan fingerprint density at radius 1 is 1.42 bits per heavy atom. The lowest BCUT2D eigenvalue weighted by molar-refractivity contribution is 0.0692. The van der Waals surface area contributed by atoms with Crippen molar-refractivity contribution in [3.05, 3.63) is 52.0 Å². The van der Waals surface area contributed by atoms with E-state index in [4.69, 9.17) is 5.11 Å². The highest BCUT2D eigenvalue weighted by atomic mass is 32.1. The summed E-state index contributed by atoms with van der Waals surface area (Å²) >= 11 is 1.69. The topological polar surface area (TPSA) is 40.5 Å². The molecule has 0 radical (unpaired) electrons. The summed E-state index contributed by atoms with van der Waals surface area (Å²) in [5, 5.41) is 10.8. The molecule has 0 atom stereocenters. The molecule has 2 rings (SSSR count). The summed E-state index contributed by atoms with van der Waals surface area (Å²) in [6.07, 6.45) is 0.885. The first-order chi connectivity index (χ1) is 9.08. The zero-order chi connectivity index (χ0) is 13.8. The highest BCUT2D eigenvalue weighted by molar-refractivity contribution is 7.09. The normalized spacial score (nSPS) is 10.4. The Balaban J connectivity index is 2.05. The van der Waals surface area contributed by atoms with Gasteiger partial charge in [0, 0.05) is 24.2 Å². The number of hydrogen-bond acceptors (Lipinski definition) is 3. The predicted octanol–water partition coefficient (Wildman–Crippen LogP) is 3.26. The van der Waals surface area contributed by atoms with Crippen molar-refractivity contribution in [2.45, 2.75) is 6.42 Å². The number of anilines is 1. The van der Waals surface area contributed by atoms with Crippen molar-refractivity contribution in [3.63, 3.8) is 0 Å². The first kappa shape index (κ1) is 13.5. The van der Waals surface area contributed by atoms with Crippen molar-refractivity contribution in [3.8, 4) is 0 Å². The molecule has 0 aliphatic carbocycles. The highest BCUT2D eigenvalue weighted by Crippen LogP contribution is 2.19. The molecule has 3 nitrogen and oxygen atoms in total. The van der Waals surface area contributed by atoms with Crippen LogP contribution in [0.25, 0.3) is 0 Å². The maximum absolute atomic E-state index is 13.6. The molecule has 1 aromatic heterocycles. The minimum atomic E-state index is -1.25. The Labute approximate surface area is 114 Å². The van der Waals surface area contributed by atoms with E-state index >= 15 is 0 Å². The van der Waals surface area contributed by atoms with E-state index in [2.05, 4.69) is 6.07 Å². The van der Waals surface area contributed by atoms with Crippen LogP contribution in [0.2, 0.25) is 0 Å². The van der Waals surface area contributed by atoms with Gasteiger partial charge in [-0.25, -0.2) is 9.18 Å². The van der Waals surface area contributed by atoms with Gasteiger partial charge in [0.05, 0.1) is 5.56 Å². The molecular weight excluding hydrogens is 265 g/mol. The van der Waals surface area contributed by atoms with Crippen LogP contribution in [0.1, 0.15) is 15.2 Å². The summed E-state index contributed by atoms with van der Waals surface area (Å²) in [7, 11) is 1.86. The molecule has 0 aliphatic heterocycles. The Hall–Kier alpha value is -1.88. The van der Waals surface area contributed by atoms with Crippen molar-refractivity contribution < 1.29 is 14.3 Å². The number of hydrogen-bond donors (Lipinski definition) is 1. The van der Waals surface area contributed by atoms with Crippen molar-refractivity contribution in [2.24, 2.45) is 0 Å². The summed E-state index contributed by atoms with van der Waals surface area (Å²) in [6, 6.07) is 8.25. The molecule has 2 aromatic rings. The van der Waals surface area contributed by atoms with Gasteiger partial charge in [0.1, 0.15) is 5.82 Å². The molecule has 0 aliphatic rings. The van der Waals surface area contributed by atoms with Crippen LogP contribution in [0.5, 0.6) is 0 Å². The summed E-state index contributed by atoms with van der Waals surface area (Å²) in [6.45, 7) is 0.756. The first-order valence-corrected chi connectivity index (χ1v) is 6.72. The Bertz CT molecular complexity index is 569. The van der Waals surface area contributed by atoms with E-state index in [0.717, 1.165) is 13.0 Å². The first-order valence-electron chi connectivity index (χ1n) is 5.84. The van der Waals surface area contributed by atoms with Gasteiger partial charge >= 0.3 is 5.97 Å². The van der Waals surface area contributed by atoms with Gasteiger partial charge in [-0.05, 0) is 36.1 Å². The molecule has 0 bridgehead atoms. The third kappa shape index (κ3) is 3.32. The third-order valence-corrected chi connectivity index (χ3v) is 3.83. The average Bonchev–Trinajstić information content (AvgIpc) is 2.88. The van der Waals surface area contributed by atoms with Crippen LogP contribution in [0.4, 0.5) is 10.1 Å². The molecule has 0 saturated heterocycles. The molecule has 0 fully saturated rings. The molecule has 100 valence electrons. The van der Waals surface area contributed by atoms with Crippen LogP contribution in [-0.4, -0.2) is 24.7 Å². The van der Waals surface area contributed by atoms with Crippen LogP contribution in [0, 0.1) is 5.82 Å². The molecule has 0 saturated carbocycles. The Morgan fingerprint density at radius 2 is 2.21 bits per heavy atom. The standard InChI is InChI=1S/C14H14FNO2S/c1-16(7-6-11-3-2-8-19-11)10-4-5-12(14(17)18)13(15)9-10/h2-5,8-9H,6-7H2,1H3,(H,17,18). The van der Waals surface area contributed by atoms with Gasteiger partial charge < -0.3 is 10.0 Å². The predicted molar refractivity (Wildman–Crippen MR) is 74.7 cm³/mol. The quantitative estimate of drug-likeness (QED) is 0.913. The molecule has 19 heavy (non-hydrogen) atoms. The second-order valence-electron chi connectivity index (χ2n) is 4.22. The number of carboxylic acids is 1. The monoisotopic (exact) mass is 279 g/mol. The molecule has 0 unspecified atom stereocenters. The number of likely N-dealkylation sites (N-methyl/N-ethyl adjacent to an activating group) is 1. The molecule has 1 aromatic carbocycles. The fourth-order valence-electron chi connectivity index (χ4n) is 1.78. The SMILES string of the molecule is CN(CCc1cccs1)c1ccc(C(=O)O)c(F)c1. The zero-order valence-electron chi connectivity index (χ0n) is 10.5. The Morgan fingerprint density at radius 3 is 2.79 bits per heavy atom.